The van der Waals surface area contributed by atoms with E-state index >= 15 is 0 Å². The van der Waals surface area contributed by atoms with Gasteiger partial charge in [0.05, 0.1) is 5.52 Å². The standard InChI is InChI=1S/C12H12F2N2/c1-6-3-7(2)11-8(15)5-10(12(13)14)16-9(11)4-6/h3-5,12H,1-2H3,(H2,15,16). The molecule has 0 aliphatic rings. The molecule has 2 rings (SSSR count). The highest BCUT2D eigenvalue weighted by molar-refractivity contribution is 5.93. The Hall–Kier alpha value is -1.71. The summed E-state index contributed by atoms with van der Waals surface area (Å²) in [5, 5.41) is 0.759. The molecule has 0 radical (unpaired) electrons. The third-order valence-corrected chi connectivity index (χ3v) is 2.52. The maximum atomic E-state index is 12.6. The molecule has 1 aromatic heterocycles. The molecule has 0 aliphatic heterocycles. The highest BCUT2D eigenvalue weighted by Crippen LogP contribution is 2.28. The molecule has 4 heteroatoms. The molecule has 2 N–H and O–H groups in total. The molecule has 0 unspecified atom stereocenters. The second-order valence-corrected chi connectivity index (χ2v) is 3.91. The monoisotopic (exact) mass is 222 g/mol. The number of anilines is 1. The highest BCUT2D eigenvalue weighted by atomic mass is 19.3. The Morgan fingerprint density at radius 3 is 2.50 bits per heavy atom. The fourth-order valence-corrected chi connectivity index (χ4v) is 1.92. The van der Waals surface area contributed by atoms with Crippen molar-refractivity contribution < 1.29 is 8.78 Å². The number of nitrogens with zero attached hydrogens (tertiary/aromatic N) is 1. The number of halogens is 2. The van der Waals surface area contributed by atoms with E-state index in [1.54, 1.807) is 6.07 Å². The van der Waals surface area contributed by atoms with Crippen molar-refractivity contribution in [2.24, 2.45) is 0 Å². The van der Waals surface area contributed by atoms with E-state index in [-0.39, 0.29) is 5.69 Å². The van der Waals surface area contributed by atoms with E-state index in [1.807, 2.05) is 19.9 Å². The summed E-state index contributed by atoms with van der Waals surface area (Å²) in [5.74, 6) is 0. The molecule has 0 atom stereocenters. The summed E-state index contributed by atoms with van der Waals surface area (Å²) in [4.78, 5) is 3.93. The molecule has 0 saturated heterocycles. The number of aryl methyl sites for hydroxylation is 2. The SMILES string of the molecule is Cc1cc(C)c2c(N)cc(C(F)F)nc2c1. The fraction of sp³-hybridized carbons (Fsp3) is 0.250. The van der Waals surface area contributed by atoms with Crippen molar-refractivity contribution >= 4 is 16.6 Å². The molecule has 2 nitrogen and oxygen atoms in total. The van der Waals surface area contributed by atoms with Crippen LogP contribution in [0.1, 0.15) is 23.2 Å². The Morgan fingerprint density at radius 1 is 1.19 bits per heavy atom. The minimum absolute atomic E-state index is 0.269. The normalized spacial score (nSPS) is 11.3. The van der Waals surface area contributed by atoms with Crippen LogP contribution in [0.25, 0.3) is 10.9 Å². The Bertz CT molecular complexity index is 550. The van der Waals surface area contributed by atoms with Crippen molar-refractivity contribution in [3.8, 4) is 0 Å². The molecular formula is C12H12F2N2. The summed E-state index contributed by atoms with van der Waals surface area (Å²) in [7, 11) is 0. The Balaban J connectivity index is 2.81. The zero-order chi connectivity index (χ0) is 11.9. The van der Waals surface area contributed by atoms with Gasteiger partial charge in [0.2, 0.25) is 0 Å². The van der Waals surface area contributed by atoms with E-state index in [0.717, 1.165) is 16.5 Å². The molecule has 84 valence electrons. The number of hydrogen-bond donors (Lipinski definition) is 1. The first kappa shape index (κ1) is 10.8. The van der Waals surface area contributed by atoms with Crippen LogP contribution in [0.15, 0.2) is 18.2 Å². The van der Waals surface area contributed by atoms with Gasteiger partial charge in [0.25, 0.3) is 6.43 Å². The van der Waals surface area contributed by atoms with Crippen LogP contribution >= 0.6 is 0 Å². The van der Waals surface area contributed by atoms with Crippen molar-refractivity contribution in [3.05, 3.63) is 35.0 Å². The molecule has 0 spiro atoms. The van der Waals surface area contributed by atoms with Crippen LogP contribution in [-0.2, 0) is 0 Å². The van der Waals surface area contributed by atoms with Crippen LogP contribution in [0.4, 0.5) is 14.5 Å². The average Bonchev–Trinajstić information content (AvgIpc) is 2.15. The van der Waals surface area contributed by atoms with Gasteiger partial charge < -0.3 is 5.73 Å². The summed E-state index contributed by atoms with van der Waals surface area (Å²) in [6, 6.07) is 4.97. The van der Waals surface area contributed by atoms with Crippen molar-refractivity contribution in [3.63, 3.8) is 0 Å². The summed E-state index contributed by atoms with van der Waals surface area (Å²) in [6.07, 6.45) is -2.59. The topological polar surface area (TPSA) is 38.9 Å². The van der Waals surface area contributed by atoms with Gasteiger partial charge in [-0.25, -0.2) is 13.8 Å². The first-order valence-corrected chi connectivity index (χ1v) is 4.94. The van der Waals surface area contributed by atoms with Gasteiger partial charge >= 0.3 is 0 Å². The predicted molar refractivity (Wildman–Crippen MR) is 60.6 cm³/mol. The lowest BCUT2D eigenvalue weighted by atomic mass is 10.0. The third kappa shape index (κ3) is 1.71. The number of nitrogens with two attached hydrogens (primary N) is 1. The van der Waals surface area contributed by atoms with Crippen molar-refractivity contribution in [1.82, 2.24) is 4.98 Å². The van der Waals surface area contributed by atoms with E-state index in [2.05, 4.69) is 4.98 Å². The van der Waals surface area contributed by atoms with Gasteiger partial charge in [0, 0.05) is 11.1 Å². The predicted octanol–water partition coefficient (Wildman–Crippen LogP) is 3.37. The minimum atomic E-state index is -2.59. The zero-order valence-electron chi connectivity index (χ0n) is 9.09. The number of rotatable bonds is 1. The van der Waals surface area contributed by atoms with E-state index in [9.17, 15) is 8.78 Å². The molecule has 0 amide bonds. The highest BCUT2D eigenvalue weighted by Gasteiger charge is 2.13. The van der Waals surface area contributed by atoms with Gasteiger partial charge in [-0.3, -0.25) is 0 Å². The summed E-state index contributed by atoms with van der Waals surface area (Å²) < 4.78 is 25.1. The van der Waals surface area contributed by atoms with Crippen LogP contribution in [-0.4, -0.2) is 4.98 Å². The molecule has 2 aromatic rings. The lowest BCUT2D eigenvalue weighted by Gasteiger charge is -2.09. The van der Waals surface area contributed by atoms with Gasteiger partial charge in [0.1, 0.15) is 5.69 Å². The van der Waals surface area contributed by atoms with Crippen molar-refractivity contribution in [1.29, 1.82) is 0 Å². The van der Waals surface area contributed by atoms with Gasteiger partial charge in [-0.15, -0.1) is 0 Å². The van der Waals surface area contributed by atoms with Crippen LogP contribution in [0.2, 0.25) is 0 Å². The maximum Gasteiger partial charge on any atom is 0.280 e. The fourth-order valence-electron chi connectivity index (χ4n) is 1.92. The van der Waals surface area contributed by atoms with Gasteiger partial charge in [-0.1, -0.05) is 6.07 Å². The molecular weight excluding hydrogens is 210 g/mol. The second kappa shape index (κ2) is 3.70. The van der Waals surface area contributed by atoms with E-state index in [1.165, 1.54) is 6.07 Å². The maximum absolute atomic E-state index is 12.6. The van der Waals surface area contributed by atoms with Crippen LogP contribution in [0.5, 0.6) is 0 Å². The number of benzene rings is 1. The molecule has 1 aromatic carbocycles. The van der Waals surface area contributed by atoms with E-state index < -0.39 is 6.43 Å². The lowest BCUT2D eigenvalue weighted by molar-refractivity contribution is 0.146. The molecule has 0 bridgehead atoms. The third-order valence-electron chi connectivity index (χ3n) is 2.52. The summed E-state index contributed by atoms with van der Waals surface area (Å²) in [5.41, 5.74) is 8.35. The number of fused-ring (bicyclic) bond motifs is 1. The molecule has 0 fully saturated rings. The number of aromatic nitrogens is 1. The second-order valence-electron chi connectivity index (χ2n) is 3.91. The molecule has 16 heavy (non-hydrogen) atoms. The molecule has 1 heterocycles. The van der Waals surface area contributed by atoms with Gasteiger partial charge in [-0.2, -0.15) is 0 Å². The van der Waals surface area contributed by atoms with Crippen molar-refractivity contribution in [2.75, 3.05) is 5.73 Å². The van der Waals surface area contributed by atoms with Crippen molar-refractivity contribution in [2.45, 2.75) is 20.3 Å². The van der Waals surface area contributed by atoms with Crippen LogP contribution < -0.4 is 5.73 Å². The minimum Gasteiger partial charge on any atom is -0.398 e. The Labute approximate surface area is 92.1 Å². The van der Waals surface area contributed by atoms with Gasteiger partial charge in [0.15, 0.2) is 0 Å². The van der Waals surface area contributed by atoms with E-state index in [0.29, 0.717) is 11.2 Å². The molecule has 0 saturated carbocycles. The molecule has 0 aliphatic carbocycles. The average molecular weight is 222 g/mol. The lowest BCUT2D eigenvalue weighted by Crippen LogP contribution is -1.98. The number of pyridine rings is 1. The Kier molecular flexibility index (Phi) is 2.50. The van der Waals surface area contributed by atoms with Crippen LogP contribution in [0.3, 0.4) is 0 Å². The number of nitrogen functional groups attached to an aromatic ring is 1. The number of alkyl halides is 2. The first-order chi connectivity index (χ1) is 7.49. The smallest absolute Gasteiger partial charge is 0.280 e. The quantitative estimate of drug-likeness (QED) is 0.803. The summed E-state index contributed by atoms with van der Waals surface area (Å²) in [6.45, 7) is 3.80. The van der Waals surface area contributed by atoms with E-state index in [4.69, 9.17) is 5.73 Å². The Morgan fingerprint density at radius 2 is 1.88 bits per heavy atom. The largest absolute Gasteiger partial charge is 0.398 e. The van der Waals surface area contributed by atoms with Gasteiger partial charge in [-0.05, 0) is 37.1 Å². The van der Waals surface area contributed by atoms with Crippen LogP contribution in [0, 0.1) is 13.8 Å². The number of hydrogen-bond acceptors (Lipinski definition) is 2. The summed E-state index contributed by atoms with van der Waals surface area (Å²) >= 11 is 0. The first-order valence-electron chi connectivity index (χ1n) is 4.94. The zero-order valence-corrected chi connectivity index (χ0v) is 9.09.